The fourth-order valence-corrected chi connectivity index (χ4v) is 3.62. The quantitative estimate of drug-likeness (QED) is 0.562. The maximum Gasteiger partial charge on any atom is 0.262 e. The molecule has 3 heterocycles. The summed E-state index contributed by atoms with van der Waals surface area (Å²) in [5, 5.41) is 4.67. The van der Waals surface area contributed by atoms with Crippen molar-refractivity contribution in [3.8, 4) is 11.4 Å². The van der Waals surface area contributed by atoms with E-state index in [0.29, 0.717) is 17.1 Å². The molecule has 0 bridgehead atoms. The average Bonchev–Trinajstić information content (AvgIpc) is 3.25. The summed E-state index contributed by atoms with van der Waals surface area (Å²) in [5.41, 5.74) is 1.90. The van der Waals surface area contributed by atoms with Gasteiger partial charge in [0.25, 0.3) is 5.56 Å². The third-order valence-electron chi connectivity index (χ3n) is 4.08. The largest absolute Gasteiger partial charge is 0.337 e. The smallest absolute Gasteiger partial charge is 0.262 e. The molecule has 7 heteroatoms. The van der Waals surface area contributed by atoms with E-state index >= 15 is 0 Å². The minimum atomic E-state index is -0.0865. The molecule has 0 spiro atoms. The van der Waals surface area contributed by atoms with Gasteiger partial charge in [0, 0.05) is 10.4 Å². The fourth-order valence-electron chi connectivity index (χ4n) is 2.69. The van der Waals surface area contributed by atoms with E-state index in [0.717, 1.165) is 27.3 Å². The Kier molecular flexibility index (Phi) is 3.93. The monoisotopic (exact) mass is 352 g/mol. The van der Waals surface area contributed by atoms with Gasteiger partial charge in [0.2, 0.25) is 11.7 Å². The number of thiophene rings is 1. The van der Waals surface area contributed by atoms with Crippen molar-refractivity contribution < 1.29 is 4.52 Å². The predicted octanol–water partition coefficient (Wildman–Crippen LogP) is 3.43. The highest BCUT2D eigenvalue weighted by molar-refractivity contribution is 7.18. The summed E-state index contributed by atoms with van der Waals surface area (Å²) >= 11 is 1.55. The van der Waals surface area contributed by atoms with Crippen molar-refractivity contribution in [3.05, 3.63) is 63.3 Å². The van der Waals surface area contributed by atoms with Gasteiger partial charge in [-0.15, -0.1) is 11.3 Å². The summed E-state index contributed by atoms with van der Waals surface area (Å²) in [4.78, 5) is 23.3. The second-order valence-electron chi connectivity index (χ2n) is 5.79. The molecular weight excluding hydrogens is 336 g/mol. The Morgan fingerprint density at radius 3 is 2.92 bits per heavy atom. The van der Waals surface area contributed by atoms with E-state index in [1.807, 2.05) is 37.3 Å². The number of benzene rings is 1. The Morgan fingerprint density at radius 1 is 1.28 bits per heavy atom. The molecule has 3 aromatic heterocycles. The van der Waals surface area contributed by atoms with Crippen LogP contribution in [-0.4, -0.2) is 19.7 Å². The van der Waals surface area contributed by atoms with Gasteiger partial charge < -0.3 is 4.52 Å². The van der Waals surface area contributed by atoms with E-state index in [1.165, 1.54) is 10.9 Å². The van der Waals surface area contributed by atoms with Crippen molar-refractivity contribution in [1.29, 1.82) is 0 Å². The lowest BCUT2D eigenvalue weighted by atomic mass is 10.1. The fraction of sp³-hybridized carbons (Fsp3) is 0.222. The van der Waals surface area contributed by atoms with Gasteiger partial charge in [-0.05, 0) is 25.0 Å². The Bertz CT molecular complexity index is 1110. The molecule has 0 N–H and O–H groups in total. The number of aromatic nitrogens is 4. The molecule has 0 unspecified atom stereocenters. The average molecular weight is 352 g/mol. The summed E-state index contributed by atoms with van der Waals surface area (Å²) in [7, 11) is 0. The van der Waals surface area contributed by atoms with Gasteiger partial charge >= 0.3 is 0 Å². The van der Waals surface area contributed by atoms with Crippen LogP contribution >= 0.6 is 11.3 Å². The second kappa shape index (κ2) is 6.25. The second-order valence-corrected chi connectivity index (χ2v) is 6.90. The molecule has 4 aromatic rings. The molecule has 4 rings (SSSR count). The lowest BCUT2D eigenvalue weighted by Gasteiger charge is -2.00. The van der Waals surface area contributed by atoms with Crippen molar-refractivity contribution >= 4 is 21.6 Å². The van der Waals surface area contributed by atoms with Gasteiger partial charge in [0.15, 0.2) is 0 Å². The Morgan fingerprint density at radius 2 is 2.12 bits per heavy atom. The van der Waals surface area contributed by atoms with Crippen molar-refractivity contribution in [3.63, 3.8) is 0 Å². The van der Waals surface area contributed by atoms with E-state index in [1.54, 1.807) is 11.3 Å². The first-order valence-electron chi connectivity index (χ1n) is 8.02. The summed E-state index contributed by atoms with van der Waals surface area (Å²) in [5.74, 6) is 0.909. The van der Waals surface area contributed by atoms with E-state index in [2.05, 4.69) is 22.0 Å². The van der Waals surface area contributed by atoms with Crippen molar-refractivity contribution in [1.82, 2.24) is 19.7 Å². The summed E-state index contributed by atoms with van der Waals surface area (Å²) in [6.07, 6.45) is 2.43. The van der Waals surface area contributed by atoms with Gasteiger partial charge in [0.1, 0.15) is 11.4 Å². The van der Waals surface area contributed by atoms with E-state index in [4.69, 9.17) is 4.52 Å². The molecule has 0 saturated heterocycles. The molecule has 0 aliphatic carbocycles. The van der Waals surface area contributed by atoms with E-state index in [9.17, 15) is 4.79 Å². The lowest BCUT2D eigenvalue weighted by molar-refractivity contribution is 0.369. The number of fused-ring (bicyclic) bond motifs is 1. The Hall–Kier alpha value is -2.80. The molecule has 0 aliphatic rings. The van der Waals surface area contributed by atoms with E-state index in [-0.39, 0.29) is 12.1 Å². The first kappa shape index (κ1) is 15.7. The molecule has 0 atom stereocenters. The zero-order valence-corrected chi connectivity index (χ0v) is 14.7. The topological polar surface area (TPSA) is 73.8 Å². The van der Waals surface area contributed by atoms with Crippen LogP contribution in [0.5, 0.6) is 0 Å². The van der Waals surface area contributed by atoms with Gasteiger partial charge in [0.05, 0.1) is 11.7 Å². The van der Waals surface area contributed by atoms with Crippen molar-refractivity contribution in [2.24, 2.45) is 0 Å². The number of nitrogens with zero attached hydrogens (tertiary/aromatic N) is 4. The van der Waals surface area contributed by atoms with Crippen LogP contribution < -0.4 is 5.56 Å². The zero-order chi connectivity index (χ0) is 17.4. The van der Waals surface area contributed by atoms with Crippen LogP contribution in [0.15, 0.2) is 46.0 Å². The molecule has 0 saturated carbocycles. The zero-order valence-electron chi connectivity index (χ0n) is 13.9. The molecule has 0 aliphatic heterocycles. The normalized spacial score (nSPS) is 11.3. The third-order valence-corrected chi connectivity index (χ3v) is 5.26. The van der Waals surface area contributed by atoms with Crippen LogP contribution in [0, 0.1) is 6.92 Å². The lowest BCUT2D eigenvalue weighted by Crippen LogP contribution is -2.20. The maximum absolute atomic E-state index is 12.6. The van der Waals surface area contributed by atoms with Crippen LogP contribution in [0.2, 0.25) is 0 Å². The molecule has 1 aromatic carbocycles. The van der Waals surface area contributed by atoms with Crippen LogP contribution in [0.1, 0.15) is 23.3 Å². The number of hydrogen-bond acceptors (Lipinski definition) is 6. The summed E-state index contributed by atoms with van der Waals surface area (Å²) < 4.78 is 6.83. The van der Waals surface area contributed by atoms with Crippen molar-refractivity contribution in [2.45, 2.75) is 26.8 Å². The molecule has 0 amide bonds. The van der Waals surface area contributed by atoms with Gasteiger partial charge in [-0.1, -0.05) is 36.3 Å². The molecule has 126 valence electrons. The predicted molar refractivity (Wildman–Crippen MR) is 96.8 cm³/mol. The number of hydrogen-bond donors (Lipinski definition) is 0. The third kappa shape index (κ3) is 2.87. The number of aryl methyl sites for hydroxylation is 2. The van der Waals surface area contributed by atoms with E-state index < -0.39 is 0 Å². The first-order chi connectivity index (χ1) is 12.2. The standard InChI is InChI=1S/C18H16N4O2S/c1-3-12-8-14-17(25-12)19-10-22(18(14)23)9-15-20-16(21-24-15)13-7-5-4-6-11(13)2/h4-8,10H,3,9H2,1-2H3. The van der Waals surface area contributed by atoms with Crippen LogP contribution in [0.3, 0.4) is 0 Å². The summed E-state index contributed by atoms with van der Waals surface area (Å²) in [6.45, 7) is 4.27. The van der Waals surface area contributed by atoms with Crippen LogP contribution in [-0.2, 0) is 13.0 Å². The molecule has 6 nitrogen and oxygen atoms in total. The Labute approximate surface area is 147 Å². The highest BCUT2D eigenvalue weighted by Crippen LogP contribution is 2.22. The SMILES string of the molecule is CCc1cc2c(=O)n(Cc3nc(-c4ccccc4C)no3)cnc2s1. The van der Waals surface area contributed by atoms with Crippen LogP contribution in [0.4, 0.5) is 0 Å². The minimum Gasteiger partial charge on any atom is -0.337 e. The number of rotatable bonds is 4. The molecule has 0 fully saturated rings. The highest BCUT2D eigenvalue weighted by atomic mass is 32.1. The Balaban J connectivity index is 1.67. The first-order valence-corrected chi connectivity index (χ1v) is 8.84. The van der Waals surface area contributed by atoms with Gasteiger partial charge in [-0.2, -0.15) is 4.98 Å². The van der Waals surface area contributed by atoms with Gasteiger partial charge in [-0.25, -0.2) is 4.98 Å². The molecule has 0 radical (unpaired) electrons. The highest BCUT2D eigenvalue weighted by Gasteiger charge is 2.13. The van der Waals surface area contributed by atoms with Gasteiger partial charge in [-0.3, -0.25) is 9.36 Å². The summed E-state index contributed by atoms with van der Waals surface area (Å²) in [6, 6.07) is 9.75. The maximum atomic E-state index is 12.6. The molecule has 25 heavy (non-hydrogen) atoms. The van der Waals surface area contributed by atoms with Crippen molar-refractivity contribution in [2.75, 3.05) is 0 Å². The van der Waals surface area contributed by atoms with Crippen LogP contribution in [0.25, 0.3) is 21.6 Å². The minimum absolute atomic E-state index is 0.0865. The molecular formula is C18H16N4O2S.